The molecule has 0 N–H and O–H groups in total. The minimum atomic E-state index is -0.500. The van der Waals surface area contributed by atoms with E-state index in [2.05, 4.69) is 22.8 Å². The van der Waals surface area contributed by atoms with Crippen molar-refractivity contribution in [3.05, 3.63) is 35.1 Å². The van der Waals surface area contributed by atoms with Crippen LogP contribution in [0.3, 0.4) is 0 Å². The van der Waals surface area contributed by atoms with Gasteiger partial charge in [0, 0.05) is 50.9 Å². The number of hydrogen-bond acceptors (Lipinski definition) is 7. The summed E-state index contributed by atoms with van der Waals surface area (Å²) in [5, 5.41) is 8.36. The van der Waals surface area contributed by atoms with Gasteiger partial charge in [0.2, 0.25) is 0 Å². The zero-order valence-corrected chi connectivity index (χ0v) is 22.1. The van der Waals surface area contributed by atoms with Gasteiger partial charge in [0.05, 0.1) is 11.1 Å². The Morgan fingerprint density at radius 1 is 1.12 bits per heavy atom. The van der Waals surface area contributed by atoms with E-state index in [1.54, 1.807) is 12.1 Å². The first-order chi connectivity index (χ1) is 15.5. The largest absolute Gasteiger partial charge is 1.00 e. The molecular weight excluding hydrogens is 458 g/mol. The molecule has 33 heavy (non-hydrogen) atoms. The van der Waals surface area contributed by atoms with Crippen LogP contribution < -0.4 is 44.5 Å². The van der Waals surface area contributed by atoms with Gasteiger partial charge in [-0.05, 0) is 50.3 Å². The molecule has 0 bridgehead atoms. The van der Waals surface area contributed by atoms with E-state index in [0.717, 1.165) is 63.7 Å². The molecule has 0 spiro atoms. The molecule has 0 saturated carbocycles. The predicted octanol–water partition coefficient (Wildman–Crippen LogP) is 0.302. The Morgan fingerprint density at radius 3 is 2.24 bits per heavy atom. The first-order valence-electron chi connectivity index (χ1n) is 11.1. The van der Waals surface area contributed by atoms with Crippen molar-refractivity contribution in [2.24, 2.45) is 0 Å². The van der Waals surface area contributed by atoms with Crippen LogP contribution in [0.15, 0.2) is 24.3 Å². The minimum absolute atomic E-state index is 0. The van der Waals surface area contributed by atoms with Gasteiger partial charge >= 0.3 is 29.6 Å². The van der Waals surface area contributed by atoms with Crippen molar-refractivity contribution in [1.82, 2.24) is 9.97 Å². The number of rotatable bonds is 6. The standard InChI is InChI=1S/C22H28ClFN4O.CH2O2.Na/c1-2-13-29-17-7-11-28(12-8-17)21-15-20(27-9-3-4-10-27)25-22(26-21)16-5-6-18(23)19(24)14-16;2-1-3;/h5-6,14-15,17H,2-4,7-13H2,1H3;1H,(H,2,3);/q;;+1/p-1. The first-order valence-corrected chi connectivity index (χ1v) is 11.4. The maximum absolute atomic E-state index is 14.0. The summed E-state index contributed by atoms with van der Waals surface area (Å²) in [6.07, 6.45) is 5.71. The molecule has 3 heterocycles. The van der Waals surface area contributed by atoms with E-state index in [9.17, 15) is 4.39 Å². The van der Waals surface area contributed by atoms with Crippen LogP contribution in [-0.2, 0) is 9.53 Å². The number of hydrogen-bond donors (Lipinski definition) is 0. The number of carboxylic acid groups (broad SMARTS) is 1. The number of piperidine rings is 1. The van der Waals surface area contributed by atoms with Crippen LogP contribution in [0.5, 0.6) is 0 Å². The van der Waals surface area contributed by atoms with Crippen molar-refractivity contribution in [2.45, 2.75) is 45.1 Å². The van der Waals surface area contributed by atoms with Gasteiger partial charge in [-0.2, -0.15) is 0 Å². The van der Waals surface area contributed by atoms with Crippen molar-refractivity contribution in [3.63, 3.8) is 0 Å². The maximum atomic E-state index is 14.0. The third kappa shape index (κ3) is 7.79. The molecule has 2 aromatic rings. The SMILES string of the molecule is CCCOC1CCN(c2cc(N3CCCC3)nc(-c3ccc(Cl)c(F)c3)n2)CC1.O=C[O-].[Na+]. The third-order valence-corrected chi connectivity index (χ3v) is 5.94. The molecule has 0 atom stereocenters. The van der Waals surface area contributed by atoms with E-state index < -0.39 is 12.3 Å². The second-order valence-electron chi connectivity index (χ2n) is 7.88. The zero-order valence-electron chi connectivity index (χ0n) is 19.3. The maximum Gasteiger partial charge on any atom is 1.00 e. The normalized spacial score (nSPS) is 16.1. The molecule has 2 fully saturated rings. The molecule has 10 heteroatoms. The molecule has 2 aliphatic heterocycles. The summed E-state index contributed by atoms with van der Waals surface area (Å²) in [4.78, 5) is 22.4. The van der Waals surface area contributed by atoms with Crippen molar-refractivity contribution >= 4 is 29.7 Å². The number of halogens is 2. The smallest absolute Gasteiger partial charge is 0.554 e. The summed E-state index contributed by atoms with van der Waals surface area (Å²) in [6, 6.07) is 6.84. The van der Waals surface area contributed by atoms with Crippen molar-refractivity contribution < 1.29 is 48.6 Å². The molecule has 7 nitrogen and oxygen atoms in total. The number of anilines is 2. The second kappa shape index (κ2) is 14.1. The van der Waals surface area contributed by atoms with Gasteiger partial charge in [0.15, 0.2) is 5.82 Å². The third-order valence-electron chi connectivity index (χ3n) is 5.63. The van der Waals surface area contributed by atoms with Crippen LogP contribution >= 0.6 is 11.6 Å². The Kier molecular flexibility index (Phi) is 11.8. The molecule has 174 valence electrons. The van der Waals surface area contributed by atoms with Crippen LogP contribution in [-0.4, -0.2) is 55.3 Å². The second-order valence-corrected chi connectivity index (χ2v) is 8.29. The number of nitrogens with zero attached hydrogens (tertiary/aromatic N) is 4. The Hall–Kier alpha value is -1.45. The van der Waals surface area contributed by atoms with Crippen molar-refractivity contribution in [1.29, 1.82) is 0 Å². The summed E-state index contributed by atoms with van der Waals surface area (Å²) in [7, 11) is 0. The predicted molar refractivity (Wildman–Crippen MR) is 121 cm³/mol. The number of carbonyl (C=O) groups excluding carboxylic acids is 1. The average molecular weight is 487 g/mol. The molecule has 2 aliphatic rings. The van der Waals surface area contributed by atoms with E-state index >= 15 is 0 Å². The molecule has 4 rings (SSSR count). The van der Waals surface area contributed by atoms with Crippen molar-refractivity contribution in [3.8, 4) is 11.4 Å². The van der Waals surface area contributed by atoms with Gasteiger partial charge in [0.25, 0.3) is 0 Å². The minimum Gasteiger partial charge on any atom is -0.554 e. The Balaban J connectivity index is 0.000000914. The quantitative estimate of drug-likeness (QED) is 0.429. The van der Waals surface area contributed by atoms with E-state index in [4.69, 9.17) is 36.2 Å². The summed E-state index contributed by atoms with van der Waals surface area (Å²) in [6.45, 7) is 6.26. The summed E-state index contributed by atoms with van der Waals surface area (Å²) < 4.78 is 20.0. The van der Waals surface area contributed by atoms with Gasteiger partial charge in [-0.25, -0.2) is 14.4 Å². The van der Waals surface area contributed by atoms with Crippen LogP contribution in [0.1, 0.15) is 39.0 Å². The molecule has 0 aliphatic carbocycles. The summed E-state index contributed by atoms with van der Waals surface area (Å²) >= 11 is 5.86. The van der Waals surface area contributed by atoms with E-state index in [0.29, 0.717) is 17.5 Å². The van der Waals surface area contributed by atoms with Crippen LogP contribution in [0.4, 0.5) is 16.0 Å². The molecule has 1 aromatic heterocycles. The first kappa shape index (κ1) is 27.8. The van der Waals surface area contributed by atoms with E-state index in [1.165, 1.54) is 18.9 Å². The zero-order chi connectivity index (χ0) is 22.9. The van der Waals surface area contributed by atoms with Crippen LogP contribution in [0.2, 0.25) is 5.02 Å². The fourth-order valence-electron chi connectivity index (χ4n) is 3.99. The summed E-state index contributed by atoms with van der Waals surface area (Å²) in [5.41, 5.74) is 0.648. The van der Waals surface area contributed by atoms with Crippen LogP contribution in [0.25, 0.3) is 11.4 Å². The average Bonchev–Trinajstić information content (AvgIpc) is 3.35. The summed E-state index contributed by atoms with van der Waals surface area (Å²) in [5.74, 6) is 1.92. The molecule has 0 radical (unpaired) electrons. The topological polar surface area (TPSA) is 81.6 Å². The molecule has 0 amide bonds. The monoisotopic (exact) mass is 486 g/mol. The Morgan fingerprint density at radius 2 is 1.70 bits per heavy atom. The Bertz CT molecular complexity index is 894. The molecule has 2 saturated heterocycles. The number of ether oxygens (including phenoxy) is 1. The van der Waals surface area contributed by atoms with Gasteiger partial charge in [-0.3, -0.25) is 0 Å². The van der Waals surface area contributed by atoms with Crippen molar-refractivity contribution in [2.75, 3.05) is 42.6 Å². The number of benzene rings is 1. The van der Waals surface area contributed by atoms with Gasteiger partial charge in [-0.15, -0.1) is 0 Å². The molecule has 1 aromatic carbocycles. The van der Waals surface area contributed by atoms with Crippen LogP contribution in [0, 0.1) is 5.82 Å². The fourth-order valence-corrected chi connectivity index (χ4v) is 4.11. The van der Waals surface area contributed by atoms with E-state index in [-0.39, 0.29) is 34.6 Å². The van der Waals surface area contributed by atoms with Gasteiger partial charge < -0.3 is 24.4 Å². The Labute approximate surface area is 221 Å². The number of carbonyl (C=O) groups is 1. The number of aromatic nitrogens is 2. The fraction of sp³-hybridized carbons (Fsp3) is 0.522. The van der Waals surface area contributed by atoms with Gasteiger partial charge in [0.1, 0.15) is 17.5 Å². The van der Waals surface area contributed by atoms with E-state index in [1.807, 2.05) is 0 Å². The van der Waals surface area contributed by atoms with Gasteiger partial charge in [-0.1, -0.05) is 18.5 Å². The molecule has 0 unspecified atom stereocenters. The molecular formula is C23H29ClFN4NaO3.